The first-order valence-electron chi connectivity index (χ1n) is 7.76. The number of H-pyrrole nitrogens is 1. The summed E-state index contributed by atoms with van der Waals surface area (Å²) in [6, 6.07) is 8.19. The molecule has 0 unspecified atom stereocenters. The Labute approximate surface area is 138 Å². The van der Waals surface area contributed by atoms with Crippen molar-refractivity contribution < 1.29 is 9.15 Å². The number of morpholine rings is 1. The Bertz CT molecular complexity index is 763. The van der Waals surface area contributed by atoms with Gasteiger partial charge in [-0.05, 0) is 30.5 Å². The molecule has 0 spiro atoms. The molecule has 1 fully saturated rings. The molecule has 4 heterocycles. The Morgan fingerprint density at radius 2 is 2.35 bits per heavy atom. The standard InChI is InChI=1S/C17H19N3O2S/c1-12-4-5-14(22-12)15-11-20(6-7-21-15)10-13-9-18-19-17(13)16-3-2-8-23-16/h2-5,8-9,15H,6-7,10-11H2,1H3,(H,18,19)/t15-/m0/s1. The first kappa shape index (κ1) is 14.7. The average Bonchev–Trinajstić information content (AvgIpc) is 3.28. The van der Waals surface area contributed by atoms with Crippen LogP contribution >= 0.6 is 11.3 Å². The van der Waals surface area contributed by atoms with E-state index in [0.29, 0.717) is 0 Å². The number of hydrogen-bond donors (Lipinski definition) is 1. The Balaban J connectivity index is 1.48. The second-order valence-electron chi connectivity index (χ2n) is 5.79. The number of thiophene rings is 1. The third-order valence-corrected chi connectivity index (χ3v) is 5.00. The van der Waals surface area contributed by atoms with E-state index in [4.69, 9.17) is 9.15 Å². The van der Waals surface area contributed by atoms with Gasteiger partial charge in [-0.2, -0.15) is 5.10 Å². The lowest BCUT2D eigenvalue weighted by atomic mass is 10.1. The van der Waals surface area contributed by atoms with Crippen LogP contribution in [-0.2, 0) is 11.3 Å². The molecule has 1 aliphatic heterocycles. The average molecular weight is 329 g/mol. The maximum absolute atomic E-state index is 5.87. The molecule has 5 nitrogen and oxygen atoms in total. The van der Waals surface area contributed by atoms with Crippen molar-refractivity contribution in [2.45, 2.75) is 19.6 Å². The van der Waals surface area contributed by atoms with Crippen molar-refractivity contribution in [1.29, 1.82) is 0 Å². The fourth-order valence-corrected chi connectivity index (χ4v) is 3.71. The molecule has 3 aromatic heterocycles. The SMILES string of the molecule is Cc1ccc([C@@H]2CN(Cc3cn[nH]c3-c3cccs3)CCO2)o1. The lowest BCUT2D eigenvalue weighted by Crippen LogP contribution is -2.37. The van der Waals surface area contributed by atoms with Gasteiger partial charge in [0.2, 0.25) is 0 Å². The summed E-state index contributed by atoms with van der Waals surface area (Å²) >= 11 is 1.73. The predicted molar refractivity (Wildman–Crippen MR) is 89.3 cm³/mol. The number of furan rings is 1. The molecule has 6 heteroatoms. The zero-order valence-electron chi connectivity index (χ0n) is 13.0. The van der Waals surface area contributed by atoms with Crippen molar-refractivity contribution in [1.82, 2.24) is 15.1 Å². The van der Waals surface area contributed by atoms with Gasteiger partial charge < -0.3 is 9.15 Å². The molecule has 1 aliphatic rings. The molecule has 0 aliphatic carbocycles. The van der Waals surface area contributed by atoms with E-state index in [2.05, 4.69) is 32.6 Å². The first-order chi connectivity index (χ1) is 11.3. The zero-order chi connectivity index (χ0) is 15.6. The zero-order valence-corrected chi connectivity index (χ0v) is 13.8. The molecule has 1 atom stereocenters. The largest absolute Gasteiger partial charge is 0.464 e. The van der Waals surface area contributed by atoms with Crippen LogP contribution in [0.15, 0.2) is 40.3 Å². The van der Waals surface area contributed by atoms with Crippen LogP contribution in [0.4, 0.5) is 0 Å². The Hall–Kier alpha value is -1.89. The summed E-state index contributed by atoms with van der Waals surface area (Å²) in [7, 11) is 0. The first-order valence-corrected chi connectivity index (χ1v) is 8.64. The summed E-state index contributed by atoms with van der Waals surface area (Å²) in [5.74, 6) is 1.84. The molecular formula is C17H19N3O2S. The van der Waals surface area contributed by atoms with Crippen molar-refractivity contribution in [2.24, 2.45) is 0 Å². The molecule has 0 amide bonds. The molecular weight excluding hydrogens is 310 g/mol. The normalized spacial score (nSPS) is 19.3. The van der Waals surface area contributed by atoms with Crippen LogP contribution in [0.25, 0.3) is 10.6 Å². The van der Waals surface area contributed by atoms with Crippen LogP contribution in [0.2, 0.25) is 0 Å². The van der Waals surface area contributed by atoms with Crippen LogP contribution in [0, 0.1) is 6.92 Å². The second kappa shape index (κ2) is 6.31. The van der Waals surface area contributed by atoms with E-state index in [1.165, 1.54) is 10.4 Å². The Kier molecular flexibility index (Phi) is 4.03. The van der Waals surface area contributed by atoms with Crippen LogP contribution in [0.3, 0.4) is 0 Å². The number of ether oxygens (including phenoxy) is 1. The minimum Gasteiger partial charge on any atom is -0.464 e. The molecule has 120 valence electrons. The highest BCUT2D eigenvalue weighted by molar-refractivity contribution is 7.13. The van der Waals surface area contributed by atoms with Crippen molar-refractivity contribution in [3.8, 4) is 10.6 Å². The number of aromatic amines is 1. The number of hydrogen-bond acceptors (Lipinski definition) is 5. The lowest BCUT2D eigenvalue weighted by molar-refractivity contribution is -0.0430. The van der Waals surface area contributed by atoms with Crippen molar-refractivity contribution in [3.05, 3.63) is 52.9 Å². The highest BCUT2D eigenvalue weighted by Crippen LogP contribution is 2.29. The maximum Gasteiger partial charge on any atom is 0.134 e. The third kappa shape index (κ3) is 3.10. The molecule has 1 saturated heterocycles. The third-order valence-electron chi connectivity index (χ3n) is 4.11. The number of rotatable bonds is 4. The van der Waals surface area contributed by atoms with Gasteiger partial charge in [0.05, 0.1) is 23.4 Å². The minimum atomic E-state index is 0.00883. The van der Waals surface area contributed by atoms with Gasteiger partial charge in [-0.1, -0.05) is 6.07 Å². The van der Waals surface area contributed by atoms with Crippen LogP contribution in [-0.4, -0.2) is 34.8 Å². The number of aryl methyl sites for hydroxylation is 1. The molecule has 0 saturated carbocycles. The number of nitrogens with one attached hydrogen (secondary N) is 1. The summed E-state index contributed by atoms with van der Waals surface area (Å²) in [4.78, 5) is 3.62. The summed E-state index contributed by atoms with van der Waals surface area (Å²) in [6.45, 7) is 5.30. The van der Waals surface area contributed by atoms with Gasteiger partial charge in [0.25, 0.3) is 0 Å². The summed E-state index contributed by atoms with van der Waals surface area (Å²) in [5.41, 5.74) is 2.35. The van der Waals surface area contributed by atoms with Gasteiger partial charge in [-0.15, -0.1) is 11.3 Å². The number of nitrogens with zero attached hydrogens (tertiary/aromatic N) is 2. The van der Waals surface area contributed by atoms with Crippen LogP contribution in [0.5, 0.6) is 0 Å². The molecule has 1 N–H and O–H groups in total. The van der Waals surface area contributed by atoms with E-state index in [-0.39, 0.29) is 6.10 Å². The van der Waals surface area contributed by atoms with Gasteiger partial charge in [0, 0.05) is 25.2 Å². The highest BCUT2D eigenvalue weighted by Gasteiger charge is 2.25. The van der Waals surface area contributed by atoms with Gasteiger partial charge >= 0.3 is 0 Å². The van der Waals surface area contributed by atoms with Crippen LogP contribution < -0.4 is 0 Å². The van der Waals surface area contributed by atoms with E-state index in [9.17, 15) is 0 Å². The van der Waals surface area contributed by atoms with E-state index in [1.807, 2.05) is 25.3 Å². The van der Waals surface area contributed by atoms with E-state index in [1.54, 1.807) is 11.3 Å². The monoisotopic (exact) mass is 329 g/mol. The molecule has 0 radical (unpaired) electrons. The smallest absolute Gasteiger partial charge is 0.134 e. The second-order valence-corrected chi connectivity index (χ2v) is 6.74. The molecule has 0 bridgehead atoms. The van der Waals surface area contributed by atoms with E-state index < -0.39 is 0 Å². The molecule has 3 aromatic rings. The van der Waals surface area contributed by atoms with Crippen molar-refractivity contribution >= 4 is 11.3 Å². The van der Waals surface area contributed by atoms with E-state index in [0.717, 1.165) is 43.5 Å². The Morgan fingerprint density at radius 3 is 3.13 bits per heavy atom. The number of aromatic nitrogens is 2. The topological polar surface area (TPSA) is 54.3 Å². The molecule has 4 rings (SSSR count). The van der Waals surface area contributed by atoms with Crippen molar-refractivity contribution in [3.63, 3.8) is 0 Å². The van der Waals surface area contributed by atoms with Gasteiger partial charge in [0.1, 0.15) is 17.6 Å². The van der Waals surface area contributed by atoms with Gasteiger partial charge in [0.15, 0.2) is 0 Å². The fourth-order valence-electron chi connectivity index (χ4n) is 2.95. The van der Waals surface area contributed by atoms with E-state index >= 15 is 0 Å². The minimum absolute atomic E-state index is 0.00883. The highest BCUT2D eigenvalue weighted by atomic mass is 32.1. The summed E-state index contributed by atoms with van der Waals surface area (Å²) in [6.07, 6.45) is 1.94. The van der Waals surface area contributed by atoms with Crippen LogP contribution in [0.1, 0.15) is 23.2 Å². The molecule has 23 heavy (non-hydrogen) atoms. The fraction of sp³-hybridized carbons (Fsp3) is 0.353. The quantitative estimate of drug-likeness (QED) is 0.794. The maximum atomic E-state index is 5.87. The summed E-state index contributed by atoms with van der Waals surface area (Å²) < 4.78 is 11.6. The molecule has 0 aromatic carbocycles. The summed E-state index contributed by atoms with van der Waals surface area (Å²) in [5, 5.41) is 9.44. The predicted octanol–water partition coefficient (Wildman–Crippen LogP) is 3.61. The Morgan fingerprint density at radius 1 is 1.39 bits per heavy atom. The van der Waals surface area contributed by atoms with Gasteiger partial charge in [-0.3, -0.25) is 10.00 Å². The lowest BCUT2D eigenvalue weighted by Gasteiger charge is -2.31. The van der Waals surface area contributed by atoms with Gasteiger partial charge in [-0.25, -0.2) is 0 Å². The van der Waals surface area contributed by atoms with Crippen molar-refractivity contribution in [2.75, 3.05) is 19.7 Å².